The van der Waals surface area contributed by atoms with Crippen molar-refractivity contribution in [3.05, 3.63) is 47.7 Å². The fourth-order valence-electron chi connectivity index (χ4n) is 1.41. The van der Waals surface area contributed by atoms with Crippen LogP contribution in [0.5, 0.6) is 0 Å². The Morgan fingerprint density at radius 2 is 1.83 bits per heavy atom. The molecule has 0 heterocycles. The van der Waals surface area contributed by atoms with Gasteiger partial charge in [-0.25, -0.2) is 0 Å². The molecule has 0 nitrogen and oxygen atoms in total. The van der Waals surface area contributed by atoms with Gasteiger partial charge in [-0.05, 0) is 30.6 Å². The van der Waals surface area contributed by atoms with Crippen molar-refractivity contribution in [2.24, 2.45) is 0 Å². The van der Waals surface area contributed by atoms with Crippen LogP contribution < -0.4 is 0 Å². The second-order valence-corrected chi connectivity index (χ2v) is 10.1. The molecule has 0 fully saturated rings. The lowest BCUT2D eigenvalue weighted by Gasteiger charge is -2.02. The van der Waals surface area contributed by atoms with E-state index in [9.17, 15) is 0 Å². The van der Waals surface area contributed by atoms with Crippen LogP contribution >= 0.6 is 0 Å². The van der Waals surface area contributed by atoms with Crippen LogP contribution in [0.2, 0.25) is 19.6 Å². The SMILES string of the molecule is C[Si](C)(C)C#CCCCC=C=Cc1ccccc1. The van der Waals surface area contributed by atoms with Crippen molar-refractivity contribution in [2.45, 2.75) is 38.9 Å². The topological polar surface area (TPSA) is 0 Å². The molecule has 0 aromatic heterocycles. The van der Waals surface area contributed by atoms with Crippen LogP contribution in [0.3, 0.4) is 0 Å². The van der Waals surface area contributed by atoms with Crippen LogP contribution in [-0.4, -0.2) is 8.07 Å². The van der Waals surface area contributed by atoms with Gasteiger partial charge in [0.2, 0.25) is 0 Å². The summed E-state index contributed by atoms with van der Waals surface area (Å²) < 4.78 is 0. The summed E-state index contributed by atoms with van der Waals surface area (Å²) in [7, 11) is -1.17. The van der Waals surface area contributed by atoms with Crippen molar-refractivity contribution in [1.82, 2.24) is 0 Å². The van der Waals surface area contributed by atoms with Gasteiger partial charge in [-0.1, -0.05) is 50.0 Å². The molecule has 0 radical (unpaired) electrons. The fraction of sp³-hybridized carbons (Fsp3) is 0.353. The third-order valence-electron chi connectivity index (χ3n) is 2.28. The van der Waals surface area contributed by atoms with Crippen molar-refractivity contribution < 1.29 is 0 Å². The molecular weight excluding hydrogens is 232 g/mol. The Balaban J connectivity index is 2.26. The molecule has 0 saturated carbocycles. The van der Waals surface area contributed by atoms with E-state index in [-0.39, 0.29) is 0 Å². The molecule has 0 atom stereocenters. The molecule has 0 aliphatic rings. The average Bonchev–Trinajstić information content (AvgIpc) is 2.32. The molecule has 0 N–H and O–H groups in total. The quantitative estimate of drug-likeness (QED) is 0.310. The highest BCUT2D eigenvalue weighted by atomic mass is 28.3. The summed E-state index contributed by atoms with van der Waals surface area (Å²) in [6.07, 6.45) is 7.32. The first-order chi connectivity index (χ1) is 8.58. The largest absolute Gasteiger partial charge is 0.132 e. The molecule has 0 unspecified atom stereocenters. The standard InChI is InChI=1S/C17H22Si/c1-18(2,3)16-12-7-5-4-6-9-13-17-14-10-8-11-15-17/h6,8,10-11,13-15H,4-5,7H2,1-3H3. The second-order valence-electron chi connectivity index (χ2n) is 5.37. The molecule has 1 rings (SSSR count). The Labute approximate surface area is 112 Å². The van der Waals surface area contributed by atoms with Gasteiger partial charge >= 0.3 is 0 Å². The summed E-state index contributed by atoms with van der Waals surface area (Å²) in [5.41, 5.74) is 7.81. The maximum atomic E-state index is 3.39. The molecule has 0 bridgehead atoms. The number of unbranched alkanes of at least 4 members (excludes halogenated alkanes) is 2. The number of hydrogen-bond donors (Lipinski definition) is 0. The molecule has 0 saturated heterocycles. The van der Waals surface area contributed by atoms with Crippen molar-refractivity contribution in [3.8, 4) is 11.5 Å². The highest BCUT2D eigenvalue weighted by molar-refractivity contribution is 6.83. The number of rotatable bonds is 4. The van der Waals surface area contributed by atoms with Crippen LogP contribution in [0.15, 0.2) is 42.1 Å². The monoisotopic (exact) mass is 254 g/mol. The van der Waals surface area contributed by atoms with E-state index in [4.69, 9.17) is 0 Å². The molecule has 1 aromatic carbocycles. The van der Waals surface area contributed by atoms with E-state index in [2.05, 4.69) is 55.0 Å². The van der Waals surface area contributed by atoms with E-state index in [1.807, 2.05) is 24.3 Å². The van der Waals surface area contributed by atoms with Crippen molar-refractivity contribution in [2.75, 3.05) is 0 Å². The van der Waals surface area contributed by atoms with E-state index >= 15 is 0 Å². The van der Waals surface area contributed by atoms with E-state index in [0.29, 0.717) is 0 Å². The first-order valence-electron chi connectivity index (χ1n) is 6.54. The zero-order valence-electron chi connectivity index (χ0n) is 11.7. The molecule has 0 aliphatic heterocycles. The van der Waals surface area contributed by atoms with Crippen LogP contribution in [0.4, 0.5) is 0 Å². The van der Waals surface area contributed by atoms with Gasteiger partial charge in [0, 0.05) is 6.42 Å². The predicted octanol–water partition coefficient (Wildman–Crippen LogP) is 4.91. The minimum absolute atomic E-state index is 1.01. The van der Waals surface area contributed by atoms with Gasteiger partial charge in [0.15, 0.2) is 0 Å². The second kappa shape index (κ2) is 7.77. The lowest BCUT2D eigenvalue weighted by atomic mass is 10.2. The summed E-state index contributed by atoms with van der Waals surface area (Å²) in [6.45, 7) is 6.84. The van der Waals surface area contributed by atoms with Gasteiger partial charge < -0.3 is 0 Å². The normalized spacial score (nSPS) is 9.94. The van der Waals surface area contributed by atoms with E-state index in [0.717, 1.165) is 19.3 Å². The Hall–Kier alpha value is -1.48. The summed E-state index contributed by atoms with van der Waals surface area (Å²) in [5.74, 6) is 3.29. The lowest BCUT2D eigenvalue weighted by Crippen LogP contribution is -2.16. The Bertz CT molecular complexity index is 460. The maximum absolute atomic E-state index is 3.39. The van der Waals surface area contributed by atoms with Gasteiger partial charge in [0.05, 0.1) is 0 Å². The Morgan fingerprint density at radius 3 is 2.50 bits per heavy atom. The van der Waals surface area contributed by atoms with Gasteiger partial charge in [-0.2, -0.15) is 0 Å². The smallest absolute Gasteiger partial charge is 0.129 e. The van der Waals surface area contributed by atoms with E-state index < -0.39 is 8.07 Å². The molecular formula is C17H22Si. The first kappa shape index (κ1) is 14.6. The van der Waals surface area contributed by atoms with Crippen molar-refractivity contribution in [3.63, 3.8) is 0 Å². The summed E-state index contributed by atoms with van der Waals surface area (Å²) in [6, 6.07) is 10.3. The molecule has 18 heavy (non-hydrogen) atoms. The molecule has 1 heteroatoms. The van der Waals surface area contributed by atoms with Gasteiger partial charge in [0.25, 0.3) is 0 Å². The molecule has 0 spiro atoms. The Morgan fingerprint density at radius 1 is 1.11 bits per heavy atom. The third kappa shape index (κ3) is 7.74. The first-order valence-corrected chi connectivity index (χ1v) is 10.0. The number of hydrogen-bond acceptors (Lipinski definition) is 0. The summed E-state index contributed by atoms with van der Waals surface area (Å²) >= 11 is 0. The zero-order chi connectivity index (χ0) is 13.3. The van der Waals surface area contributed by atoms with Crippen LogP contribution in [0.25, 0.3) is 6.08 Å². The minimum atomic E-state index is -1.17. The van der Waals surface area contributed by atoms with Crippen LogP contribution in [0.1, 0.15) is 24.8 Å². The predicted molar refractivity (Wildman–Crippen MR) is 84.0 cm³/mol. The zero-order valence-corrected chi connectivity index (χ0v) is 12.7. The summed E-state index contributed by atoms with van der Waals surface area (Å²) in [5, 5.41) is 0. The molecule has 94 valence electrons. The van der Waals surface area contributed by atoms with E-state index in [1.165, 1.54) is 5.56 Å². The van der Waals surface area contributed by atoms with Crippen molar-refractivity contribution in [1.29, 1.82) is 0 Å². The fourth-order valence-corrected chi connectivity index (χ4v) is 2.06. The van der Waals surface area contributed by atoms with Gasteiger partial charge in [-0.3, -0.25) is 0 Å². The highest BCUT2D eigenvalue weighted by Gasteiger charge is 2.06. The summed E-state index contributed by atoms with van der Waals surface area (Å²) in [4.78, 5) is 0. The number of benzene rings is 1. The third-order valence-corrected chi connectivity index (χ3v) is 3.21. The number of allylic oxidation sites excluding steroid dienone is 1. The highest BCUT2D eigenvalue weighted by Crippen LogP contribution is 2.01. The van der Waals surface area contributed by atoms with Gasteiger partial charge in [-0.15, -0.1) is 17.2 Å². The lowest BCUT2D eigenvalue weighted by molar-refractivity contribution is 0.886. The molecule has 1 aromatic rings. The maximum Gasteiger partial charge on any atom is 0.129 e. The minimum Gasteiger partial charge on any atom is -0.132 e. The average molecular weight is 254 g/mol. The Kier molecular flexibility index (Phi) is 6.29. The molecule has 0 amide bonds. The molecule has 0 aliphatic carbocycles. The van der Waals surface area contributed by atoms with Crippen molar-refractivity contribution >= 4 is 14.1 Å². The van der Waals surface area contributed by atoms with Gasteiger partial charge in [0.1, 0.15) is 8.07 Å². The van der Waals surface area contributed by atoms with Crippen LogP contribution in [-0.2, 0) is 0 Å². The van der Waals surface area contributed by atoms with E-state index in [1.54, 1.807) is 0 Å². The van der Waals surface area contributed by atoms with Crippen LogP contribution in [0, 0.1) is 11.5 Å².